The minimum Gasteiger partial charge on any atom is -0.365 e. The van der Waals surface area contributed by atoms with E-state index < -0.39 is 0 Å². The van der Waals surface area contributed by atoms with Crippen LogP contribution in [0, 0.1) is 6.92 Å². The van der Waals surface area contributed by atoms with Gasteiger partial charge in [0.05, 0.1) is 18.1 Å². The minimum absolute atomic E-state index is 0.719. The maximum Gasteiger partial charge on any atom is 0.144 e. The van der Waals surface area contributed by atoms with Crippen LogP contribution in [-0.2, 0) is 6.54 Å². The Kier molecular flexibility index (Phi) is 3.41. The van der Waals surface area contributed by atoms with E-state index in [4.69, 9.17) is 0 Å². The summed E-state index contributed by atoms with van der Waals surface area (Å²) in [6.45, 7) is 2.75. The Bertz CT molecular complexity index is 673. The maximum atomic E-state index is 4.29. The monoisotopic (exact) mass is 265 g/mol. The standard InChI is InChI=1S/C15H15N5/c1-12-8-19-20(11-12)14-4-2-13(3-5-14)9-18-15-10-16-6-7-17-15/h2-8,10-11H,9H2,1H3,(H,17,18). The summed E-state index contributed by atoms with van der Waals surface area (Å²) >= 11 is 0. The second-order valence-electron chi connectivity index (χ2n) is 4.57. The van der Waals surface area contributed by atoms with Gasteiger partial charge in [-0.2, -0.15) is 5.10 Å². The summed E-state index contributed by atoms with van der Waals surface area (Å²) in [7, 11) is 0. The third-order valence-corrected chi connectivity index (χ3v) is 2.95. The highest BCUT2D eigenvalue weighted by Crippen LogP contribution is 2.11. The van der Waals surface area contributed by atoms with Crippen molar-refractivity contribution in [3.63, 3.8) is 0 Å². The molecule has 0 saturated heterocycles. The zero-order valence-electron chi connectivity index (χ0n) is 11.2. The lowest BCUT2D eigenvalue weighted by atomic mass is 10.2. The quantitative estimate of drug-likeness (QED) is 0.787. The van der Waals surface area contributed by atoms with Crippen LogP contribution in [0.1, 0.15) is 11.1 Å². The van der Waals surface area contributed by atoms with Crippen LogP contribution in [0.4, 0.5) is 5.82 Å². The second kappa shape index (κ2) is 5.52. The third-order valence-electron chi connectivity index (χ3n) is 2.95. The van der Waals surface area contributed by atoms with E-state index in [0.29, 0.717) is 0 Å². The molecule has 0 amide bonds. The molecule has 3 aromatic rings. The Morgan fingerprint density at radius 2 is 1.95 bits per heavy atom. The molecule has 0 unspecified atom stereocenters. The Hall–Kier alpha value is -2.69. The van der Waals surface area contributed by atoms with Crippen molar-refractivity contribution < 1.29 is 0 Å². The van der Waals surface area contributed by atoms with E-state index in [1.54, 1.807) is 18.6 Å². The van der Waals surface area contributed by atoms with E-state index in [1.807, 2.05) is 24.0 Å². The Labute approximate surface area is 117 Å². The fourth-order valence-corrected chi connectivity index (χ4v) is 1.90. The van der Waals surface area contributed by atoms with Crippen LogP contribution in [0.15, 0.2) is 55.2 Å². The number of benzene rings is 1. The average molecular weight is 265 g/mol. The summed E-state index contributed by atoms with van der Waals surface area (Å²) < 4.78 is 1.87. The first-order valence-corrected chi connectivity index (χ1v) is 6.42. The number of aryl methyl sites for hydroxylation is 1. The summed E-state index contributed by atoms with van der Waals surface area (Å²) in [6.07, 6.45) is 8.90. The highest BCUT2D eigenvalue weighted by molar-refractivity contribution is 5.37. The van der Waals surface area contributed by atoms with Gasteiger partial charge in [-0.05, 0) is 30.2 Å². The summed E-state index contributed by atoms with van der Waals surface area (Å²) in [4.78, 5) is 8.19. The summed E-state index contributed by atoms with van der Waals surface area (Å²) in [5.74, 6) is 0.777. The first-order valence-electron chi connectivity index (χ1n) is 6.42. The van der Waals surface area contributed by atoms with Crippen molar-refractivity contribution in [3.05, 3.63) is 66.4 Å². The lowest BCUT2D eigenvalue weighted by Crippen LogP contribution is -2.02. The van der Waals surface area contributed by atoms with Crippen molar-refractivity contribution >= 4 is 5.82 Å². The number of nitrogens with one attached hydrogen (secondary N) is 1. The fourth-order valence-electron chi connectivity index (χ4n) is 1.90. The van der Waals surface area contributed by atoms with Crippen LogP contribution in [-0.4, -0.2) is 19.7 Å². The summed E-state index contributed by atoms with van der Waals surface area (Å²) in [5, 5.41) is 7.52. The predicted molar refractivity (Wildman–Crippen MR) is 77.7 cm³/mol. The number of nitrogens with zero attached hydrogens (tertiary/aromatic N) is 4. The van der Waals surface area contributed by atoms with Crippen molar-refractivity contribution in [1.82, 2.24) is 19.7 Å². The highest BCUT2D eigenvalue weighted by atomic mass is 15.3. The maximum absolute atomic E-state index is 4.29. The van der Waals surface area contributed by atoms with E-state index in [0.717, 1.165) is 23.6 Å². The van der Waals surface area contributed by atoms with Crippen molar-refractivity contribution in [2.75, 3.05) is 5.32 Å². The van der Waals surface area contributed by atoms with Gasteiger partial charge < -0.3 is 5.32 Å². The second-order valence-corrected chi connectivity index (χ2v) is 4.57. The Morgan fingerprint density at radius 1 is 1.10 bits per heavy atom. The first-order chi connectivity index (χ1) is 9.81. The normalized spacial score (nSPS) is 10.4. The van der Waals surface area contributed by atoms with Gasteiger partial charge in [0, 0.05) is 25.1 Å². The van der Waals surface area contributed by atoms with Crippen molar-refractivity contribution in [2.45, 2.75) is 13.5 Å². The van der Waals surface area contributed by atoms with Crippen molar-refractivity contribution in [1.29, 1.82) is 0 Å². The molecule has 5 heteroatoms. The van der Waals surface area contributed by atoms with Gasteiger partial charge in [0.25, 0.3) is 0 Å². The molecular formula is C15H15N5. The molecule has 20 heavy (non-hydrogen) atoms. The van der Waals surface area contributed by atoms with E-state index in [9.17, 15) is 0 Å². The van der Waals surface area contributed by atoms with E-state index in [-0.39, 0.29) is 0 Å². The number of hydrogen-bond acceptors (Lipinski definition) is 4. The zero-order valence-corrected chi connectivity index (χ0v) is 11.2. The third kappa shape index (κ3) is 2.83. The van der Waals surface area contributed by atoms with E-state index >= 15 is 0 Å². The van der Waals surface area contributed by atoms with E-state index in [1.165, 1.54) is 5.56 Å². The molecule has 0 bridgehead atoms. The molecule has 0 aliphatic carbocycles. The van der Waals surface area contributed by atoms with Gasteiger partial charge in [-0.1, -0.05) is 12.1 Å². The smallest absolute Gasteiger partial charge is 0.144 e. The van der Waals surface area contributed by atoms with Gasteiger partial charge in [0.1, 0.15) is 5.82 Å². The minimum atomic E-state index is 0.719. The molecular weight excluding hydrogens is 250 g/mol. The van der Waals surface area contributed by atoms with Gasteiger partial charge in [0.15, 0.2) is 0 Å². The van der Waals surface area contributed by atoms with Crippen LogP contribution < -0.4 is 5.32 Å². The lowest BCUT2D eigenvalue weighted by Gasteiger charge is -2.06. The molecule has 2 aromatic heterocycles. The highest BCUT2D eigenvalue weighted by Gasteiger charge is 1.99. The molecule has 0 atom stereocenters. The average Bonchev–Trinajstić information content (AvgIpc) is 2.93. The Balaban J connectivity index is 1.67. The molecule has 1 aromatic carbocycles. The summed E-state index contributed by atoms with van der Waals surface area (Å²) in [6, 6.07) is 8.27. The SMILES string of the molecule is Cc1cnn(-c2ccc(CNc3cnccn3)cc2)c1. The largest absolute Gasteiger partial charge is 0.365 e. The number of rotatable bonds is 4. The Morgan fingerprint density at radius 3 is 2.60 bits per heavy atom. The van der Waals surface area contributed by atoms with Crippen LogP contribution in [0.3, 0.4) is 0 Å². The van der Waals surface area contributed by atoms with Gasteiger partial charge in [-0.3, -0.25) is 4.98 Å². The van der Waals surface area contributed by atoms with Crippen molar-refractivity contribution in [2.24, 2.45) is 0 Å². The topological polar surface area (TPSA) is 55.6 Å². The molecule has 100 valence electrons. The van der Waals surface area contributed by atoms with E-state index in [2.05, 4.69) is 44.6 Å². The van der Waals surface area contributed by atoms with Crippen LogP contribution >= 0.6 is 0 Å². The molecule has 0 radical (unpaired) electrons. The fraction of sp³-hybridized carbons (Fsp3) is 0.133. The van der Waals surface area contributed by atoms with Crippen LogP contribution in [0.2, 0.25) is 0 Å². The number of aromatic nitrogens is 4. The predicted octanol–water partition coefficient (Wildman–Crippen LogP) is 2.58. The molecule has 0 aliphatic heterocycles. The molecule has 0 spiro atoms. The molecule has 5 nitrogen and oxygen atoms in total. The van der Waals surface area contributed by atoms with Crippen LogP contribution in [0.5, 0.6) is 0 Å². The first kappa shape index (κ1) is 12.3. The molecule has 0 aliphatic rings. The van der Waals surface area contributed by atoms with Gasteiger partial charge in [-0.25, -0.2) is 9.67 Å². The zero-order chi connectivity index (χ0) is 13.8. The van der Waals surface area contributed by atoms with Gasteiger partial charge in [-0.15, -0.1) is 0 Å². The lowest BCUT2D eigenvalue weighted by molar-refractivity contribution is 0.879. The van der Waals surface area contributed by atoms with Gasteiger partial charge in [0.2, 0.25) is 0 Å². The molecule has 1 N–H and O–H groups in total. The number of anilines is 1. The van der Waals surface area contributed by atoms with Crippen molar-refractivity contribution in [3.8, 4) is 5.69 Å². The molecule has 3 rings (SSSR count). The molecule has 0 fully saturated rings. The number of hydrogen-bond donors (Lipinski definition) is 1. The van der Waals surface area contributed by atoms with Crippen LogP contribution in [0.25, 0.3) is 5.69 Å². The summed E-state index contributed by atoms with van der Waals surface area (Å²) in [5.41, 5.74) is 3.39. The molecule has 2 heterocycles. The molecule has 0 saturated carbocycles. The van der Waals surface area contributed by atoms with Gasteiger partial charge >= 0.3 is 0 Å².